The number of nitrogens with zero attached hydrogens (tertiary/aromatic N) is 2. The lowest BCUT2D eigenvalue weighted by atomic mass is 10.0. The predicted molar refractivity (Wildman–Crippen MR) is 118 cm³/mol. The third kappa shape index (κ3) is 4.84. The standard InChI is InChI=1S/C25H30N2O3/c1-18-10-12-20(13-11-18)24-15-23(30-26-24)17-27(25(28)21-7-3-4-8-21)16-19-6-5-9-22(14-19)29-2/h5-6,9-14,21,23H,3-4,7-8,15-17H2,1-2H3/t23-/m0/s1. The van der Waals surface area contributed by atoms with Crippen LogP contribution >= 0.6 is 0 Å². The predicted octanol–water partition coefficient (Wildman–Crippen LogP) is 4.72. The lowest BCUT2D eigenvalue weighted by Gasteiger charge is -2.27. The molecule has 2 aliphatic rings. The molecule has 5 nitrogen and oxygen atoms in total. The van der Waals surface area contributed by atoms with Gasteiger partial charge in [-0.25, -0.2) is 0 Å². The van der Waals surface area contributed by atoms with E-state index in [9.17, 15) is 4.79 Å². The highest BCUT2D eigenvalue weighted by molar-refractivity contribution is 6.01. The van der Waals surface area contributed by atoms with Gasteiger partial charge in [0.15, 0.2) is 6.10 Å². The molecule has 1 fully saturated rings. The van der Waals surface area contributed by atoms with E-state index in [1.807, 2.05) is 29.2 Å². The number of hydrogen-bond acceptors (Lipinski definition) is 4. The Morgan fingerprint density at radius 2 is 1.93 bits per heavy atom. The molecule has 0 unspecified atom stereocenters. The van der Waals surface area contributed by atoms with Crippen molar-refractivity contribution in [3.63, 3.8) is 0 Å². The van der Waals surface area contributed by atoms with E-state index in [4.69, 9.17) is 9.57 Å². The highest BCUT2D eigenvalue weighted by Gasteiger charge is 2.31. The number of aryl methyl sites for hydroxylation is 1. The molecular weight excluding hydrogens is 376 g/mol. The van der Waals surface area contributed by atoms with Crippen molar-refractivity contribution in [3.8, 4) is 5.75 Å². The second-order valence-electron chi connectivity index (χ2n) is 8.39. The largest absolute Gasteiger partial charge is 0.497 e. The Kier molecular flexibility index (Phi) is 6.36. The minimum Gasteiger partial charge on any atom is -0.497 e. The topological polar surface area (TPSA) is 51.1 Å². The molecule has 1 aliphatic carbocycles. The summed E-state index contributed by atoms with van der Waals surface area (Å²) in [5.41, 5.74) is 4.33. The number of ether oxygens (including phenoxy) is 1. The van der Waals surface area contributed by atoms with Crippen LogP contribution in [-0.2, 0) is 16.2 Å². The lowest BCUT2D eigenvalue weighted by Crippen LogP contribution is -2.40. The number of hydrogen-bond donors (Lipinski definition) is 0. The van der Waals surface area contributed by atoms with Crippen LogP contribution in [0.15, 0.2) is 53.7 Å². The molecule has 0 N–H and O–H groups in total. The van der Waals surface area contributed by atoms with E-state index in [2.05, 4.69) is 36.3 Å². The van der Waals surface area contributed by atoms with Gasteiger partial charge in [-0.1, -0.05) is 60.0 Å². The number of benzene rings is 2. The minimum atomic E-state index is -0.114. The van der Waals surface area contributed by atoms with Crippen molar-refractivity contribution in [2.24, 2.45) is 11.1 Å². The fraction of sp³-hybridized carbons (Fsp3) is 0.440. The van der Waals surface area contributed by atoms with Gasteiger partial charge in [-0.15, -0.1) is 0 Å². The number of amides is 1. The molecule has 4 rings (SSSR count). The molecule has 1 aliphatic heterocycles. The summed E-state index contributed by atoms with van der Waals surface area (Å²) in [6.07, 6.45) is 4.87. The third-order valence-corrected chi connectivity index (χ3v) is 6.07. The zero-order chi connectivity index (χ0) is 20.9. The van der Waals surface area contributed by atoms with Crippen molar-refractivity contribution in [2.45, 2.75) is 51.7 Å². The first-order valence-electron chi connectivity index (χ1n) is 10.8. The highest BCUT2D eigenvalue weighted by Crippen LogP contribution is 2.28. The number of methoxy groups -OCH3 is 1. The molecule has 1 atom stereocenters. The molecule has 158 valence electrons. The monoisotopic (exact) mass is 406 g/mol. The molecule has 0 saturated heterocycles. The molecule has 0 bridgehead atoms. The Hall–Kier alpha value is -2.82. The summed E-state index contributed by atoms with van der Waals surface area (Å²) in [4.78, 5) is 21.0. The SMILES string of the molecule is COc1cccc(CN(C[C@@H]2CC(c3ccc(C)cc3)=NO2)C(=O)C2CCCC2)c1. The zero-order valence-electron chi connectivity index (χ0n) is 17.8. The van der Waals surface area contributed by atoms with Crippen LogP contribution in [0.3, 0.4) is 0 Å². The number of carbonyl (C=O) groups excluding carboxylic acids is 1. The first-order chi connectivity index (χ1) is 14.6. The van der Waals surface area contributed by atoms with Gasteiger partial charge >= 0.3 is 0 Å². The van der Waals surface area contributed by atoms with Gasteiger partial charge in [0.2, 0.25) is 5.91 Å². The number of oxime groups is 1. The molecule has 0 radical (unpaired) electrons. The summed E-state index contributed by atoms with van der Waals surface area (Å²) in [7, 11) is 1.66. The van der Waals surface area contributed by atoms with E-state index in [1.165, 1.54) is 5.56 Å². The average Bonchev–Trinajstić information content (AvgIpc) is 3.46. The first-order valence-corrected chi connectivity index (χ1v) is 10.8. The average molecular weight is 407 g/mol. The first kappa shape index (κ1) is 20.5. The maximum Gasteiger partial charge on any atom is 0.226 e. The Bertz CT molecular complexity index is 901. The summed E-state index contributed by atoms with van der Waals surface area (Å²) in [6, 6.07) is 16.3. The molecule has 0 aromatic heterocycles. The summed E-state index contributed by atoms with van der Waals surface area (Å²) in [5, 5.41) is 4.32. The van der Waals surface area contributed by atoms with Gasteiger partial charge in [0.1, 0.15) is 5.75 Å². The van der Waals surface area contributed by atoms with Crippen molar-refractivity contribution in [1.29, 1.82) is 0 Å². The smallest absolute Gasteiger partial charge is 0.226 e. The summed E-state index contributed by atoms with van der Waals surface area (Å²) >= 11 is 0. The van der Waals surface area contributed by atoms with E-state index < -0.39 is 0 Å². The molecule has 2 aromatic rings. The van der Waals surface area contributed by atoms with Crippen LogP contribution in [0.4, 0.5) is 0 Å². The van der Waals surface area contributed by atoms with E-state index in [1.54, 1.807) is 7.11 Å². The Morgan fingerprint density at radius 3 is 2.67 bits per heavy atom. The van der Waals surface area contributed by atoms with Crippen molar-refractivity contribution >= 4 is 11.6 Å². The molecule has 1 saturated carbocycles. The zero-order valence-corrected chi connectivity index (χ0v) is 17.8. The van der Waals surface area contributed by atoms with E-state index in [0.717, 1.165) is 54.7 Å². The molecule has 1 heterocycles. The second kappa shape index (κ2) is 9.33. The van der Waals surface area contributed by atoms with Crippen molar-refractivity contribution < 1.29 is 14.4 Å². The van der Waals surface area contributed by atoms with Crippen LogP contribution < -0.4 is 4.74 Å². The maximum atomic E-state index is 13.3. The molecule has 2 aromatic carbocycles. The maximum absolute atomic E-state index is 13.3. The molecule has 1 amide bonds. The third-order valence-electron chi connectivity index (χ3n) is 6.07. The minimum absolute atomic E-state index is 0.114. The van der Waals surface area contributed by atoms with Gasteiger partial charge in [-0.2, -0.15) is 0 Å². The van der Waals surface area contributed by atoms with Crippen LogP contribution in [0, 0.1) is 12.8 Å². The van der Waals surface area contributed by atoms with Gasteiger partial charge < -0.3 is 14.5 Å². The highest BCUT2D eigenvalue weighted by atomic mass is 16.6. The molecular formula is C25H30N2O3. The summed E-state index contributed by atoms with van der Waals surface area (Å²) < 4.78 is 5.36. The summed E-state index contributed by atoms with van der Waals surface area (Å²) in [6.45, 7) is 3.18. The van der Waals surface area contributed by atoms with Gasteiger partial charge in [-0.3, -0.25) is 4.79 Å². The van der Waals surface area contributed by atoms with Crippen molar-refractivity contribution in [2.75, 3.05) is 13.7 Å². The molecule has 5 heteroatoms. The van der Waals surface area contributed by atoms with Crippen molar-refractivity contribution in [1.82, 2.24) is 4.90 Å². The van der Waals surface area contributed by atoms with Crippen LogP contribution in [0.5, 0.6) is 5.75 Å². The molecule has 0 spiro atoms. The number of carbonyl (C=O) groups is 1. The van der Waals surface area contributed by atoms with Crippen LogP contribution in [0.2, 0.25) is 0 Å². The summed E-state index contributed by atoms with van der Waals surface area (Å²) in [5.74, 6) is 1.18. The van der Waals surface area contributed by atoms with Crippen LogP contribution in [-0.4, -0.2) is 36.3 Å². The van der Waals surface area contributed by atoms with Gasteiger partial charge in [0.05, 0.1) is 19.4 Å². The Labute approximate surface area is 178 Å². The van der Waals surface area contributed by atoms with Gasteiger partial charge in [-0.05, 0) is 43.0 Å². The van der Waals surface area contributed by atoms with Gasteiger partial charge in [0.25, 0.3) is 0 Å². The fourth-order valence-corrected chi connectivity index (χ4v) is 4.34. The van der Waals surface area contributed by atoms with Crippen LogP contribution in [0.25, 0.3) is 0 Å². The van der Waals surface area contributed by atoms with Gasteiger partial charge in [0, 0.05) is 18.9 Å². The lowest BCUT2D eigenvalue weighted by molar-refractivity contribution is -0.137. The normalized spacial score (nSPS) is 18.7. The Balaban J connectivity index is 1.45. The quantitative estimate of drug-likeness (QED) is 0.669. The van der Waals surface area contributed by atoms with E-state index in [0.29, 0.717) is 13.1 Å². The van der Waals surface area contributed by atoms with Crippen LogP contribution in [0.1, 0.15) is 48.8 Å². The van der Waals surface area contributed by atoms with E-state index in [-0.39, 0.29) is 17.9 Å². The second-order valence-corrected chi connectivity index (χ2v) is 8.39. The van der Waals surface area contributed by atoms with E-state index >= 15 is 0 Å². The Morgan fingerprint density at radius 1 is 1.17 bits per heavy atom. The molecule has 30 heavy (non-hydrogen) atoms. The number of rotatable bonds is 7. The fourth-order valence-electron chi connectivity index (χ4n) is 4.34. The van der Waals surface area contributed by atoms with Crippen molar-refractivity contribution in [3.05, 3.63) is 65.2 Å².